The molecule has 3 aromatic rings. The lowest BCUT2D eigenvalue weighted by molar-refractivity contribution is -0.136. The van der Waals surface area contributed by atoms with Crippen LogP contribution in [0, 0.1) is 5.92 Å². The smallest absolute Gasteiger partial charge is 0.272 e. The van der Waals surface area contributed by atoms with E-state index in [9.17, 15) is 9.59 Å². The quantitative estimate of drug-likeness (QED) is 0.528. The summed E-state index contributed by atoms with van der Waals surface area (Å²) in [7, 11) is 0. The number of hydrogen-bond acceptors (Lipinski definition) is 4. The molecule has 0 atom stereocenters. The Morgan fingerprint density at radius 1 is 1.06 bits per heavy atom. The number of benzene rings is 1. The number of carbonyl (C=O) groups excluding carboxylic acids is 2. The highest BCUT2D eigenvalue weighted by Gasteiger charge is 2.31. The zero-order chi connectivity index (χ0) is 23.9. The summed E-state index contributed by atoms with van der Waals surface area (Å²) in [6.45, 7) is 6.23. The van der Waals surface area contributed by atoms with Gasteiger partial charge in [-0.05, 0) is 37.0 Å². The first-order valence-corrected chi connectivity index (χ1v) is 12.2. The van der Waals surface area contributed by atoms with Gasteiger partial charge in [0.25, 0.3) is 5.91 Å². The van der Waals surface area contributed by atoms with Crippen LogP contribution in [-0.4, -0.2) is 38.0 Å². The monoisotopic (exact) mass is 459 g/mol. The molecule has 2 aromatic heterocycles. The Bertz CT molecular complexity index is 1110. The minimum Gasteiger partial charge on any atom is -0.345 e. The van der Waals surface area contributed by atoms with E-state index in [0.29, 0.717) is 38.3 Å². The number of rotatable bonds is 9. The Kier molecular flexibility index (Phi) is 7.72. The highest BCUT2D eigenvalue weighted by Crippen LogP contribution is 2.26. The number of aryl methyl sites for hydroxylation is 2. The van der Waals surface area contributed by atoms with Crippen LogP contribution in [-0.2, 0) is 37.3 Å². The summed E-state index contributed by atoms with van der Waals surface area (Å²) in [5, 5.41) is 7.71. The van der Waals surface area contributed by atoms with E-state index in [2.05, 4.69) is 36.3 Å². The Hall–Kier alpha value is -3.48. The number of carbonyl (C=O) groups is 2. The SMILES string of the molecule is CCC(CC)C(=O)N1CCc2c(c(C(=O)NCc3ccccn3)nn2CCc2ccccc2)C1. The summed E-state index contributed by atoms with van der Waals surface area (Å²) >= 11 is 0. The van der Waals surface area contributed by atoms with Gasteiger partial charge in [0.2, 0.25) is 5.91 Å². The number of nitrogens with zero attached hydrogens (tertiary/aromatic N) is 4. The third kappa shape index (κ3) is 5.35. The zero-order valence-electron chi connectivity index (χ0n) is 20.0. The lowest BCUT2D eigenvalue weighted by Gasteiger charge is -2.30. The largest absolute Gasteiger partial charge is 0.345 e. The van der Waals surface area contributed by atoms with Crippen LogP contribution in [0.3, 0.4) is 0 Å². The Morgan fingerprint density at radius 2 is 1.82 bits per heavy atom. The molecule has 7 heteroatoms. The molecule has 0 radical (unpaired) electrons. The number of hydrogen-bond donors (Lipinski definition) is 1. The Balaban J connectivity index is 1.57. The van der Waals surface area contributed by atoms with E-state index in [-0.39, 0.29) is 17.7 Å². The molecule has 1 N–H and O–H groups in total. The maximum absolute atomic E-state index is 13.2. The first-order chi connectivity index (χ1) is 16.6. The minimum absolute atomic E-state index is 0.0242. The fourth-order valence-electron chi connectivity index (χ4n) is 4.58. The molecule has 0 saturated heterocycles. The molecule has 0 spiro atoms. The molecule has 0 aliphatic carbocycles. The molecule has 0 bridgehead atoms. The van der Waals surface area contributed by atoms with Crippen LogP contribution in [0.25, 0.3) is 0 Å². The molecule has 1 aliphatic heterocycles. The number of pyridine rings is 1. The minimum atomic E-state index is -0.225. The summed E-state index contributed by atoms with van der Waals surface area (Å²) in [5.74, 6) is -0.0270. The van der Waals surface area contributed by atoms with Gasteiger partial charge >= 0.3 is 0 Å². The van der Waals surface area contributed by atoms with Crippen molar-refractivity contribution in [3.63, 3.8) is 0 Å². The molecule has 178 valence electrons. The van der Waals surface area contributed by atoms with Gasteiger partial charge in [0.15, 0.2) is 5.69 Å². The number of amides is 2. The van der Waals surface area contributed by atoms with Gasteiger partial charge in [-0.25, -0.2) is 0 Å². The molecule has 4 rings (SSSR count). The molecule has 0 fully saturated rings. The fourth-order valence-corrected chi connectivity index (χ4v) is 4.58. The van der Waals surface area contributed by atoms with E-state index in [4.69, 9.17) is 5.10 Å². The Labute approximate surface area is 201 Å². The van der Waals surface area contributed by atoms with Gasteiger partial charge in [0.1, 0.15) is 0 Å². The summed E-state index contributed by atoms with van der Waals surface area (Å²) in [6, 6.07) is 15.9. The second-order valence-corrected chi connectivity index (χ2v) is 8.76. The number of nitrogens with one attached hydrogen (secondary N) is 1. The van der Waals surface area contributed by atoms with Gasteiger partial charge in [-0.2, -0.15) is 5.10 Å². The van der Waals surface area contributed by atoms with E-state index in [0.717, 1.165) is 36.2 Å². The van der Waals surface area contributed by atoms with Crippen molar-refractivity contribution in [2.45, 2.75) is 59.2 Å². The molecule has 2 amide bonds. The molecule has 7 nitrogen and oxygen atoms in total. The molecular weight excluding hydrogens is 426 g/mol. The third-order valence-electron chi connectivity index (χ3n) is 6.61. The predicted octanol–water partition coefficient (Wildman–Crippen LogP) is 3.77. The van der Waals surface area contributed by atoms with E-state index in [1.807, 2.05) is 46.0 Å². The third-order valence-corrected chi connectivity index (χ3v) is 6.61. The van der Waals surface area contributed by atoms with Crippen molar-refractivity contribution in [1.29, 1.82) is 0 Å². The van der Waals surface area contributed by atoms with Crippen LogP contribution in [0.1, 0.15) is 59.7 Å². The molecule has 0 saturated carbocycles. The number of aromatic nitrogens is 3. The summed E-state index contributed by atoms with van der Waals surface area (Å²) in [5.41, 5.74) is 4.37. The van der Waals surface area contributed by atoms with E-state index < -0.39 is 0 Å². The van der Waals surface area contributed by atoms with E-state index in [1.54, 1.807) is 6.20 Å². The normalized spacial score (nSPS) is 13.1. The van der Waals surface area contributed by atoms with Crippen LogP contribution in [0.15, 0.2) is 54.7 Å². The average Bonchev–Trinajstić information content (AvgIpc) is 3.26. The molecular formula is C27H33N5O2. The van der Waals surface area contributed by atoms with Crippen molar-refractivity contribution in [2.24, 2.45) is 5.92 Å². The summed E-state index contributed by atoms with van der Waals surface area (Å²) < 4.78 is 1.97. The van der Waals surface area contributed by atoms with Crippen molar-refractivity contribution in [3.05, 3.63) is 82.9 Å². The van der Waals surface area contributed by atoms with Gasteiger partial charge < -0.3 is 10.2 Å². The van der Waals surface area contributed by atoms with Crippen molar-refractivity contribution in [2.75, 3.05) is 6.54 Å². The van der Waals surface area contributed by atoms with Crippen LogP contribution in [0.5, 0.6) is 0 Å². The van der Waals surface area contributed by atoms with Crippen molar-refractivity contribution >= 4 is 11.8 Å². The topological polar surface area (TPSA) is 80.1 Å². The molecule has 3 heterocycles. The Morgan fingerprint density at radius 3 is 2.53 bits per heavy atom. The van der Waals surface area contributed by atoms with E-state index in [1.165, 1.54) is 5.56 Å². The van der Waals surface area contributed by atoms with Crippen molar-refractivity contribution in [1.82, 2.24) is 25.0 Å². The zero-order valence-corrected chi connectivity index (χ0v) is 20.0. The summed E-state index contributed by atoms with van der Waals surface area (Å²) in [6.07, 6.45) is 4.90. The maximum atomic E-state index is 13.2. The van der Waals surface area contributed by atoms with Gasteiger partial charge in [0, 0.05) is 49.4 Å². The molecule has 1 aliphatic rings. The van der Waals surface area contributed by atoms with Crippen molar-refractivity contribution < 1.29 is 9.59 Å². The molecule has 34 heavy (non-hydrogen) atoms. The van der Waals surface area contributed by atoms with Gasteiger partial charge in [-0.3, -0.25) is 19.3 Å². The highest BCUT2D eigenvalue weighted by molar-refractivity contribution is 5.94. The second kappa shape index (κ2) is 11.1. The highest BCUT2D eigenvalue weighted by atomic mass is 16.2. The first kappa shape index (κ1) is 23.7. The van der Waals surface area contributed by atoms with Crippen LogP contribution in [0.4, 0.5) is 0 Å². The average molecular weight is 460 g/mol. The lowest BCUT2D eigenvalue weighted by atomic mass is 9.98. The van der Waals surface area contributed by atoms with Gasteiger partial charge in [-0.1, -0.05) is 50.2 Å². The second-order valence-electron chi connectivity index (χ2n) is 8.76. The maximum Gasteiger partial charge on any atom is 0.272 e. The fraction of sp³-hybridized carbons (Fsp3) is 0.407. The van der Waals surface area contributed by atoms with Crippen LogP contribution in [0.2, 0.25) is 0 Å². The van der Waals surface area contributed by atoms with Gasteiger partial charge in [-0.15, -0.1) is 0 Å². The molecule has 0 unspecified atom stereocenters. The van der Waals surface area contributed by atoms with Crippen LogP contribution >= 0.6 is 0 Å². The summed E-state index contributed by atoms with van der Waals surface area (Å²) in [4.78, 5) is 32.4. The van der Waals surface area contributed by atoms with Crippen LogP contribution < -0.4 is 5.32 Å². The van der Waals surface area contributed by atoms with Gasteiger partial charge in [0.05, 0.1) is 12.2 Å². The predicted molar refractivity (Wildman–Crippen MR) is 131 cm³/mol. The number of fused-ring (bicyclic) bond motifs is 1. The first-order valence-electron chi connectivity index (χ1n) is 12.2. The molecule has 1 aromatic carbocycles. The van der Waals surface area contributed by atoms with E-state index >= 15 is 0 Å². The van der Waals surface area contributed by atoms with Crippen molar-refractivity contribution in [3.8, 4) is 0 Å². The lowest BCUT2D eigenvalue weighted by Crippen LogP contribution is -2.40. The standard InChI is InChI=1S/C27H33N5O2/c1-3-21(4-2)27(34)31-16-14-24-23(19-31)25(26(33)29-18-22-12-8-9-15-28-22)30-32(24)17-13-20-10-6-5-7-11-20/h5-12,15,21H,3-4,13-14,16-19H2,1-2H3,(H,29,33).